The second-order valence-electron chi connectivity index (χ2n) is 7.07. The lowest BCUT2D eigenvalue weighted by atomic mass is 9.97. The summed E-state index contributed by atoms with van der Waals surface area (Å²) in [5, 5.41) is 5.38. The molecule has 0 saturated carbocycles. The second-order valence-corrected chi connectivity index (χ2v) is 7.07. The second kappa shape index (κ2) is 10.4. The highest BCUT2D eigenvalue weighted by molar-refractivity contribution is 6.39. The van der Waals surface area contributed by atoms with E-state index in [2.05, 4.69) is 15.5 Å². The molecular weight excluding hydrogens is 378 g/mol. The van der Waals surface area contributed by atoms with Crippen LogP contribution in [0, 0.1) is 5.92 Å². The zero-order valence-corrected chi connectivity index (χ0v) is 16.9. The molecule has 0 radical (unpaired) electrons. The van der Waals surface area contributed by atoms with Gasteiger partial charge in [0.05, 0.1) is 39.7 Å². The molecule has 2 saturated heterocycles. The van der Waals surface area contributed by atoms with Gasteiger partial charge in [-0.25, -0.2) is 0 Å². The van der Waals surface area contributed by atoms with Gasteiger partial charge >= 0.3 is 11.8 Å². The lowest BCUT2D eigenvalue weighted by Gasteiger charge is -2.37. The van der Waals surface area contributed by atoms with Crippen LogP contribution in [-0.4, -0.2) is 83.0 Å². The third-order valence-corrected chi connectivity index (χ3v) is 5.36. The maximum atomic E-state index is 12.4. The van der Waals surface area contributed by atoms with E-state index in [1.807, 2.05) is 0 Å². The minimum Gasteiger partial charge on any atom is -0.497 e. The summed E-state index contributed by atoms with van der Waals surface area (Å²) in [4.78, 5) is 27.1. The molecule has 1 aromatic rings. The first kappa shape index (κ1) is 21.4. The Morgan fingerprint density at radius 1 is 1.14 bits per heavy atom. The number of hydrogen-bond acceptors (Lipinski definition) is 7. The minimum absolute atomic E-state index is 0.119. The summed E-state index contributed by atoms with van der Waals surface area (Å²) in [5.74, 6) is -0.0775. The van der Waals surface area contributed by atoms with Gasteiger partial charge in [-0.05, 0) is 18.6 Å². The van der Waals surface area contributed by atoms with Gasteiger partial charge in [0.2, 0.25) is 0 Å². The van der Waals surface area contributed by atoms with Crippen LogP contribution in [0.15, 0.2) is 18.2 Å². The average molecular weight is 407 g/mol. The Morgan fingerprint density at radius 3 is 2.59 bits per heavy atom. The molecular formula is C20H29N3O6. The summed E-state index contributed by atoms with van der Waals surface area (Å²) in [6.07, 6.45) is 0.952. The molecule has 9 nitrogen and oxygen atoms in total. The van der Waals surface area contributed by atoms with Crippen molar-refractivity contribution in [3.8, 4) is 11.5 Å². The molecule has 2 unspecified atom stereocenters. The van der Waals surface area contributed by atoms with Crippen LogP contribution in [0.25, 0.3) is 0 Å². The van der Waals surface area contributed by atoms with Crippen molar-refractivity contribution < 1.29 is 28.5 Å². The van der Waals surface area contributed by atoms with Crippen molar-refractivity contribution in [3.05, 3.63) is 18.2 Å². The minimum atomic E-state index is -0.739. The smallest absolute Gasteiger partial charge is 0.313 e. The third-order valence-electron chi connectivity index (χ3n) is 5.36. The molecule has 2 heterocycles. The van der Waals surface area contributed by atoms with Crippen LogP contribution in [0.4, 0.5) is 5.69 Å². The van der Waals surface area contributed by atoms with Gasteiger partial charge in [-0.2, -0.15) is 0 Å². The van der Waals surface area contributed by atoms with Gasteiger partial charge in [-0.15, -0.1) is 0 Å². The fourth-order valence-corrected chi connectivity index (χ4v) is 3.72. The van der Waals surface area contributed by atoms with Gasteiger partial charge in [-0.3, -0.25) is 14.5 Å². The van der Waals surface area contributed by atoms with E-state index >= 15 is 0 Å². The molecule has 29 heavy (non-hydrogen) atoms. The van der Waals surface area contributed by atoms with Gasteiger partial charge in [0.25, 0.3) is 0 Å². The van der Waals surface area contributed by atoms with Gasteiger partial charge in [0, 0.05) is 44.3 Å². The molecule has 0 spiro atoms. The van der Waals surface area contributed by atoms with E-state index in [0.717, 1.165) is 26.1 Å². The molecule has 0 aromatic heterocycles. The predicted octanol–water partition coefficient (Wildman–Crippen LogP) is 0.496. The number of ether oxygens (including phenoxy) is 4. The van der Waals surface area contributed by atoms with Crippen molar-refractivity contribution in [1.29, 1.82) is 0 Å². The van der Waals surface area contributed by atoms with Crippen molar-refractivity contribution in [2.45, 2.75) is 12.5 Å². The Balaban J connectivity index is 1.58. The van der Waals surface area contributed by atoms with Crippen molar-refractivity contribution in [3.63, 3.8) is 0 Å². The molecule has 2 aliphatic rings. The van der Waals surface area contributed by atoms with Crippen LogP contribution in [-0.2, 0) is 19.1 Å². The van der Waals surface area contributed by atoms with Gasteiger partial charge in [0.1, 0.15) is 11.5 Å². The van der Waals surface area contributed by atoms with Crippen LogP contribution in [0.1, 0.15) is 6.42 Å². The summed E-state index contributed by atoms with van der Waals surface area (Å²) in [6.45, 7) is 4.77. The maximum absolute atomic E-state index is 12.4. The fourth-order valence-electron chi connectivity index (χ4n) is 3.72. The van der Waals surface area contributed by atoms with E-state index in [9.17, 15) is 9.59 Å². The zero-order chi connectivity index (χ0) is 20.6. The van der Waals surface area contributed by atoms with Crippen molar-refractivity contribution in [1.82, 2.24) is 10.2 Å². The van der Waals surface area contributed by atoms with Gasteiger partial charge in [0.15, 0.2) is 0 Å². The normalized spacial score (nSPS) is 20.7. The molecule has 1 aromatic carbocycles. The quantitative estimate of drug-likeness (QED) is 0.635. The van der Waals surface area contributed by atoms with Crippen molar-refractivity contribution in [2.75, 3.05) is 65.6 Å². The van der Waals surface area contributed by atoms with Crippen LogP contribution in [0.3, 0.4) is 0 Å². The highest BCUT2D eigenvalue weighted by atomic mass is 16.5. The average Bonchev–Trinajstić information content (AvgIpc) is 3.29. The lowest BCUT2D eigenvalue weighted by molar-refractivity contribution is -0.136. The first-order chi connectivity index (χ1) is 14.1. The van der Waals surface area contributed by atoms with E-state index in [0.29, 0.717) is 49.5 Å². The number of rotatable bonds is 7. The number of morpholine rings is 1. The van der Waals surface area contributed by atoms with Crippen LogP contribution >= 0.6 is 0 Å². The zero-order valence-electron chi connectivity index (χ0n) is 16.9. The number of amides is 2. The molecule has 9 heteroatoms. The summed E-state index contributed by atoms with van der Waals surface area (Å²) < 4.78 is 21.4. The van der Waals surface area contributed by atoms with Crippen LogP contribution < -0.4 is 20.1 Å². The number of carbonyl (C=O) groups excluding carboxylic acids is 2. The fraction of sp³-hybridized carbons (Fsp3) is 0.600. The number of hydrogen-bond donors (Lipinski definition) is 2. The highest BCUT2D eigenvalue weighted by Gasteiger charge is 2.32. The maximum Gasteiger partial charge on any atom is 0.313 e. The van der Waals surface area contributed by atoms with E-state index in [1.54, 1.807) is 25.3 Å². The van der Waals surface area contributed by atoms with E-state index in [4.69, 9.17) is 18.9 Å². The Morgan fingerprint density at radius 2 is 1.93 bits per heavy atom. The van der Waals surface area contributed by atoms with E-state index in [-0.39, 0.29) is 6.04 Å². The number of carbonyl (C=O) groups is 2. The first-order valence-electron chi connectivity index (χ1n) is 9.83. The SMILES string of the molecule is COc1ccc(NC(=O)C(=O)NCC(C2CCOC2)N2CCOCC2)c(OC)c1. The summed E-state index contributed by atoms with van der Waals surface area (Å²) >= 11 is 0. The largest absolute Gasteiger partial charge is 0.497 e. The van der Waals surface area contributed by atoms with Crippen LogP contribution in [0.2, 0.25) is 0 Å². The molecule has 0 bridgehead atoms. The summed E-state index contributed by atoms with van der Waals surface area (Å²) in [6, 6.07) is 5.08. The molecule has 2 atom stereocenters. The summed E-state index contributed by atoms with van der Waals surface area (Å²) in [7, 11) is 3.03. The van der Waals surface area contributed by atoms with Gasteiger partial charge < -0.3 is 29.6 Å². The Bertz CT molecular complexity index is 701. The van der Waals surface area contributed by atoms with Crippen LogP contribution in [0.5, 0.6) is 11.5 Å². The van der Waals surface area contributed by atoms with Crippen molar-refractivity contribution >= 4 is 17.5 Å². The summed E-state index contributed by atoms with van der Waals surface area (Å²) in [5.41, 5.74) is 0.405. The monoisotopic (exact) mass is 407 g/mol. The Hall–Kier alpha value is -2.36. The Labute approximate surface area is 170 Å². The number of benzene rings is 1. The molecule has 2 amide bonds. The Kier molecular flexibility index (Phi) is 7.68. The lowest BCUT2D eigenvalue weighted by Crippen LogP contribution is -2.53. The first-order valence-corrected chi connectivity index (χ1v) is 9.83. The number of anilines is 1. The molecule has 0 aliphatic carbocycles. The number of nitrogens with one attached hydrogen (secondary N) is 2. The third kappa shape index (κ3) is 5.59. The molecule has 2 N–H and O–H groups in total. The van der Waals surface area contributed by atoms with Crippen molar-refractivity contribution in [2.24, 2.45) is 5.92 Å². The molecule has 2 aliphatic heterocycles. The highest BCUT2D eigenvalue weighted by Crippen LogP contribution is 2.29. The van der Waals surface area contributed by atoms with E-state index < -0.39 is 11.8 Å². The predicted molar refractivity (Wildman–Crippen MR) is 106 cm³/mol. The number of methoxy groups -OCH3 is 2. The van der Waals surface area contributed by atoms with Gasteiger partial charge in [-0.1, -0.05) is 0 Å². The standard InChI is InChI=1S/C20H29N3O6/c1-26-15-3-4-16(18(11-15)27-2)22-20(25)19(24)21-12-17(14-5-8-29-13-14)23-6-9-28-10-7-23/h3-4,11,14,17H,5-10,12-13H2,1-2H3,(H,21,24)(H,22,25). The topological polar surface area (TPSA) is 98.4 Å². The molecule has 2 fully saturated rings. The number of nitrogens with zero attached hydrogens (tertiary/aromatic N) is 1. The molecule has 3 rings (SSSR count). The van der Waals surface area contributed by atoms with E-state index in [1.165, 1.54) is 7.11 Å². The molecule has 160 valence electrons.